The van der Waals surface area contributed by atoms with E-state index in [1.54, 1.807) is 18.5 Å². The van der Waals surface area contributed by atoms with Crippen molar-refractivity contribution in [3.63, 3.8) is 0 Å². The molecule has 0 aliphatic carbocycles. The quantitative estimate of drug-likeness (QED) is 0.775. The van der Waals surface area contributed by atoms with Crippen LogP contribution in [0.4, 0.5) is 5.69 Å². The van der Waals surface area contributed by atoms with Gasteiger partial charge in [0, 0.05) is 6.20 Å². The van der Waals surface area contributed by atoms with Crippen LogP contribution < -0.4 is 10.5 Å². The lowest BCUT2D eigenvalue weighted by atomic mass is 10.1. The zero-order valence-corrected chi connectivity index (χ0v) is 10.4. The molecule has 19 heavy (non-hydrogen) atoms. The minimum Gasteiger partial charge on any atom is -0.485 e. The van der Waals surface area contributed by atoms with Crippen LogP contribution in [-0.2, 0) is 6.61 Å². The Morgan fingerprint density at radius 2 is 1.84 bits per heavy atom. The van der Waals surface area contributed by atoms with Crippen molar-refractivity contribution in [2.75, 3.05) is 5.73 Å². The van der Waals surface area contributed by atoms with E-state index in [9.17, 15) is 0 Å². The van der Waals surface area contributed by atoms with E-state index in [4.69, 9.17) is 10.5 Å². The molecule has 0 aliphatic heterocycles. The molecule has 0 radical (unpaired) electrons. The molecule has 1 heterocycles. The molecule has 0 unspecified atom stereocenters. The Hall–Kier alpha value is -2.55. The lowest BCUT2D eigenvalue weighted by Crippen LogP contribution is -1.99. The highest BCUT2D eigenvalue weighted by atomic mass is 16.5. The number of hydrogen-bond acceptors (Lipinski definition) is 3. The van der Waals surface area contributed by atoms with Crippen molar-refractivity contribution >= 4 is 16.5 Å². The largest absolute Gasteiger partial charge is 0.485 e. The summed E-state index contributed by atoms with van der Waals surface area (Å²) < 4.78 is 5.74. The Balaban J connectivity index is 1.88. The molecule has 1 aromatic heterocycles. The molecule has 0 saturated carbocycles. The van der Waals surface area contributed by atoms with Crippen molar-refractivity contribution < 1.29 is 4.74 Å². The smallest absolute Gasteiger partial charge is 0.160 e. The van der Waals surface area contributed by atoms with Crippen molar-refractivity contribution in [3.05, 3.63) is 66.5 Å². The monoisotopic (exact) mass is 250 g/mol. The fraction of sp³-hybridized carbons (Fsp3) is 0.0625. The van der Waals surface area contributed by atoms with Gasteiger partial charge >= 0.3 is 0 Å². The summed E-state index contributed by atoms with van der Waals surface area (Å²) in [4.78, 5) is 4.02. The van der Waals surface area contributed by atoms with Crippen molar-refractivity contribution in [3.8, 4) is 5.75 Å². The molecule has 0 saturated heterocycles. The second-order valence-electron chi connectivity index (χ2n) is 4.34. The summed E-state index contributed by atoms with van der Waals surface area (Å²) in [6, 6.07) is 16.2. The Morgan fingerprint density at radius 3 is 2.74 bits per heavy atom. The minimum absolute atomic E-state index is 0.483. The summed E-state index contributed by atoms with van der Waals surface area (Å²) in [5, 5.41) is 2.41. The number of benzene rings is 2. The van der Waals surface area contributed by atoms with E-state index in [0.29, 0.717) is 18.0 Å². The SMILES string of the molecule is Nc1ccncc1OCc1cccc2ccccc12. The summed E-state index contributed by atoms with van der Waals surface area (Å²) in [5.74, 6) is 0.621. The van der Waals surface area contributed by atoms with Crippen LogP contribution in [0.2, 0.25) is 0 Å². The third-order valence-corrected chi connectivity index (χ3v) is 3.08. The number of ether oxygens (including phenoxy) is 1. The van der Waals surface area contributed by atoms with Crippen LogP contribution in [0.1, 0.15) is 5.56 Å². The van der Waals surface area contributed by atoms with Gasteiger partial charge in [0.2, 0.25) is 0 Å². The molecule has 94 valence electrons. The summed E-state index contributed by atoms with van der Waals surface area (Å²) in [6.45, 7) is 0.483. The molecule has 3 nitrogen and oxygen atoms in total. The molecule has 3 rings (SSSR count). The van der Waals surface area contributed by atoms with E-state index >= 15 is 0 Å². The Morgan fingerprint density at radius 1 is 1.00 bits per heavy atom. The van der Waals surface area contributed by atoms with Gasteiger partial charge in [-0.15, -0.1) is 0 Å². The number of pyridine rings is 1. The Kier molecular flexibility index (Phi) is 3.02. The molecule has 0 bridgehead atoms. The summed E-state index contributed by atoms with van der Waals surface area (Å²) >= 11 is 0. The number of anilines is 1. The van der Waals surface area contributed by atoms with Gasteiger partial charge in [-0.1, -0.05) is 42.5 Å². The van der Waals surface area contributed by atoms with Crippen molar-refractivity contribution in [1.29, 1.82) is 0 Å². The zero-order valence-electron chi connectivity index (χ0n) is 10.4. The average molecular weight is 250 g/mol. The Labute approximate surface area is 111 Å². The third kappa shape index (κ3) is 2.36. The Bertz CT molecular complexity index is 704. The highest BCUT2D eigenvalue weighted by molar-refractivity contribution is 5.85. The summed E-state index contributed by atoms with van der Waals surface area (Å²) in [5.41, 5.74) is 7.58. The van der Waals surface area contributed by atoms with Gasteiger partial charge in [-0.05, 0) is 22.4 Å². The number of nitrogen functional groups attached to an aromatic ring is 1. The maximum absolute atomic E-state index is 5.83. The molecule has 3 heteroatoms. The van der Waals surface area contributed by atoms with Gasteiger partial charge in [0.15, 0.2) is 5.75 Å². The van der Waals surface area contributed by atoms with Gasteiger partial charge < -0.3 is 10.5 Å². The van der Waals surface area contributed by atoms with Gasteiger partial charge in [0.05, 0.1) is 11.9 Å². The summed E-state index contributed by atoms with van der Waals surface area (Å²) in [6.07, 6.45) is 3.29. The predicted molar refractivity (Wildman–Crippen MR) is 76.9 cm³/mol. The van der Waals surface area contributed by atoms with Crippen LogP contribution in [0.25, 0.3) is 10.8 Å². The molecule has 0 spiro atoms. The highest BCUT2D eigenvalue weighted by Gasteiger charge is 2.03. The van der Waals surface area contributed by atoms with E-state index in [2.05, 4.69) is 29.2 Å². The van der Waals surface area contributed by atoms with E-state index in [0.717, 1.165) is 5.56 Å². The van der Waals surface area contributed by atoms with Gasteiger partial charge in [0.25, 0.3) is 0 Å². The molecule has 0 aliphatic rings. The number of hydrogen-bond donors (Lipinski definition) is 1. The van der Waals surface area contributed by atoms with Crippen molar-refractivity contribution in [2.24, 2.45) is 0 Å². The number of nitrogens with zero attached hydrogens (tertiary/aromatic N) is 1. The van der Waals surface area contributed by atoms with Crippen LogP contribution in [0.5, 0.6) is 5.75 Å². The third-order valence-electron chi connectivity index (χ3n) is 3.08. The first-order chi connectivity index (χ1) is 9.34. The normalized spacial score (nSPS) is 10.5. The van der Waals surface area contributed by atoms with Crippen LogP contribution in [0.3, 0.4) is 0 Å². The molecular formula is C16H14N2O. The maximum Gasteiger partial charge on any atom is 0.160 e. The zero-order chi connectivity index (χ0) is 13.1. The first kappa shape index (κ1) is 11.5. The minimum atomic E-state index is 0.483. The van der Waals surface area contributed by atoms with E-state index in [-0.39, 0.29) is 0 Å². The van der Waals surface area contributed by atoms with Gasteiger partial charge in [-0.3, -0.25) is 4.98 Å². The number of fused-ring (bicyclic) bond motifs is 1. The van der Waals surface area contributed by atoms with E-state index < -0.39 is 0 Å². The van der Waals surface area contributed by atoms with Crippen LogP contribution in [-0.4, -0.2) is 4.98 Å². The first-order valence-electron chi connectivity index (χ1n) is 6.13. The standard InChI is InChI=1S/C16H14N2O/c17-15-8-9-18-10-16(15)19-11-13-6-3-5-12-4-1-2-7-14(12)13/h1-10H,11H2,(H2,17,18). The molecule has 0 fully saturated rings. The topological polar surface area (TPSA) is 48.1 Å². The highest BCUT2D eigenvalue weighted by Crippen LogP contribution is 2.23. The van der Waals surface area contributed by atoms with Gasteiger partial charge in [-0.2, -0.15) is 0 Å². The molecule has 2 aromatic carbocycles. The van der Waals surface area contributed by atoms with Crippen molar-refractivity contribution in [2.45, 2.75) is 6.61 Å². The lowest BCUT2D eigenvalue weighted by Gasteiger charge is -2.10. The molecule has 0 atom stereocenters. The van der Waals surface area contributed by atoms with Crippen molar-refractivity contribution in [1.82, 2.24) is 4.98 Å². The van der Waals surface area contributed by atoms with Crippen LogP contribution in [0.15, 0.2) is 60.9 Å². The van der Waals surface area contributed by atoms with E-state index in [1.165, 1.54) is 10.8 Å². The molecule has 0 amide bonds. The fourth-order valence-corrected chi connectivity index (χ4v) is 2.09. The lowest BCUT2D eigenvalue weighted by molar-refractivity contribution is 0.308. The molecular weight excluding hydrogens is 236 g/mol. The molecule has 3 aromatic rings. The fourth-order valence-electron chi connectivity index (χ4n) is 2.09. The van der Waals surface area contributed by atoms with Crippen LogP contribution in [0, 0.1) is 0 Å². The predicted octanol–water partition coefficient (Wildman–Crippen LogP) is 3.40. The number of rotatable bonds is 3. The second kappa shape index (κ2) is 4.98. The average Bonchev–Trinajstić information content (AvgIpc) is 2.46. The van der Waals surface area contributed by atoms with Gasteiger partial charge in [0.1, 0.15) is 6.61 Å². The van der Waals surface area contributed by atoms with Gasteiger partial charge in [-0.25, -0.2) is 0 Å². The number of aromatic nitrogens is 1. The van der Waals surface area contributed by atoms with Crippen LogP contribution >= 0.6 is 0 Å². The first-order valence-corrected chi connectivity index (χ1v) is 6.13. The second-order valence-corrected chi connectivity index (χ2v) is 4.34. The molecule has 2 N–H and O–H groups in total. The van der Waals surface area contributed by atoms with E-state index in [1.807, 2.05) is 18.2 Å². The summed E-state index contributed by atoms with van der Waals surface area (Å²) in [7, 11) is 0. The number of nitrogens with two attached hydrogens (primary N) is 1. The maximum atomic E-state index is 5.83.